The number of carbonyl (C=O) groups is 1. The lowest BCUT2D eigenvalue weighted by molar-refractivity contribution is 0.102. The molecule has 2 heterocycles. The Bertz CT molecular complexity index is 1360. The Labute approximate surface area is 183 Å². The third-order valence-electron chi connectivity index (χ3n) is 5.05. The van der Waals surface area contributed by atoms with E-state index in [1.807, 2.05) is 30.3 Å². The smallest absolute Gasteiger partial charge is 0.263 e. The number of fused-ring (bicyclic) bond motifs is 1. The van der Waals surface area contributed by atoms with Crippen LogP contribution in [0.25, 0.3) is 10.9 Å². The van der Waals surface area contributed by atoms with E-state index >= 15 is 0 Å². The third kappa shape index (κ3) is 4.14. The molecule has 0 bridgehead atoms. The predicted molar refractivity (Wildman–Crippen MR) is 121 cm³/mol. The van der Waals surface area contributed by atoms with Gasteiger partial charge in [-0.3, -0.25) is 14.5 Å². The van der Waals surface area contributed by atoms with Gasteiger partial charge in [0.25, 0.3) is 15.9 Å². The summed E-state index contributed by atoms with van der Waals surface area (Å²) in [5.41, 5.74) is 2.81. The molecule has 1 amide bonds. The number of hydrogen-bond donors (Lipinski definition) is 2. The molecular weight excluding hydrogens is 432 g/mol. The topological polar surface area (TPSA) is 101 Å². The lowest BCUT2D eigenvalue weighted by atomic mass is 10.1. The molecule has 31 heavy (non-hydrogen) atoms. The highest BCUT2D eigenvalue weighted by molar-refractivity contribution is 7.93. The second-order valence-corrected chi connectivity index (χ2v) is 9.88. The normalized spacial score (nSPS) is 13.8. The van der Waals surface area contributed by atoms with Crippen molar-refractivity contribution in [1.82, 2.24) is 9.97 Å². The van der Waals surface area contributed by atoms with Gasteiger partial charge < -0.3 is 5.32 Å². The van der Waals surface area contributed by atoms with Crippen LogP contribution in [-0.4, -0.2) is 24.3 Å². The van der Waals surface area contributed by atoms with Gasteiger partial charge in [-0.05, 0) is 49.2 Å². The van der Waals surface area contributed by atoms with Gasteiger partial charge in [0.15, 0.2) is 5.13 Å². The number of amides is 1. The van der Waals surface area contributed by atoms with Gasteiger partial charge in [0.05, 0.1) is 16.0 Å². The van der Waals surface area contributed by atoms with Crippen molar-refractivity contribution < 1.29 is 13.2 Å². The highest BCUT2D eigenvalue weighted by atomic mass is 32.2. The van der Waals surface area contributed by atoms with Crippen LogP contribution in [0.3, 0.4) is 0 Å². The fourth-order valence-electron chi connectivity index (χ4n) is 3.34. The second-order valence-electron chi connectivity index (χ2n) is 7.31. The summed E-state index contributed by atoms with van der Waals surface area (Å²) in [7, 11) is -3.74. The van der Waals surface area contributed by atoms with E-state index in [1.54, 1.807) is 17.5 Å². The van der Waals surface area contributed by atoms with Crippen molar-refractivity contribution >= 4 is 49.0 Å². The van der Waals surface area contributed by atoms with E-state index in [1.165, 1.54) is 29.7 Å². The number of aromatic nitrogens is 2. The average molecular weight is 451 g/mol. The van der Waals surface area contributed by atoms with Gasteiger partial charge in [-0.2, -0.15) is 0 Å². The second kappa shape index (κ2) is 7.75. The van der Waals surface area contributed by atoms with Crippen LogP contribution in [0.5, 0.6) is 0 Å². The van der Waals surface area contributed by atoms with Gasteiger partial charge in [-0.15, -0.1) is 11.3 Å². The fourth-order valence-corrected chi connectivity index (χ4v) is 5.12. The molecule has 0 atom stereocenters. The van der Waals surface area contributed by atoms with Crippen LogP contribution in [0.2, 0.25) is 0 Å². The Hall–Kier alpha value is -3.30. The average Bonchev–Trinajstić information content (AvgIpc) is 3.50. The maximum Gasteiger partial charge on any atom is 0.263 e. The number of pyridine rings is 1. The van der Waals surface area contributed by atoms with Crippen LogP contribution in [0.15, 0.2) is 71.1 Å². The molecule has 9 heteroatoms. The largest absolute Gasteiger partial charge is 0.322 e. The quantitative estimate of drug-likeness (QED) is 0.446. The Morgan fingerprint density at radius 1 is 1.06 bits per heavy atom. The molecule has 2 aromatic carbocycles. The molecule has 0 unspecified atom stereocenters. The van der Waals surface area contributed by atoms with Crippen LogP contribution >= 0.6 is 11.3 Å². The molecule has 1 fully saturated rings. The molecule has 0 aliphatic heterocycles. The molecule has 2 aromatic heterocycles. The Morgan fingerprint density at radius 2 is 1.84 bits per heavy atom. The monoisotopic (exact) mass is 450 g/mol. The summed E-state index contributed by atoms with van der Waals surface area (Å²) in [6.45, 7) is 0. The minimum Gasteiger partial charge on any atom is -0.322 e. The Kier molecular flexibility index (Phi) is 4.91. The Morgan fingerprint density at radius 3 is 2.55 bits per heavy atom. The van der Waals surface area contributed by atoms with E-state index in [0.717, 1.165) is 29.4 Å². The first-order valence-corrected chi connectivity index (χ1v) is 12.1. The predicted octanol–water partition coefficient (Wildman–Crippen LogP) is 4.62. The maximum atomic E-state index is 13.0. The van der Waals surface area contributed by atoms with Gasteiger partial charge in [-0.1, -0.05) is 18.2 Å². The van der Waals surface area contributed by atoms with Crippen LogP contribution in [0, 0.1) is 0 Å². The van der Waals surface area contributed by atoms with Gasteiger partial charge >= 0.3 is 0 Å². The van der Waals surface area contributed by atoms with Crippen LogP contribution in [-0.2, 0) is 10.0 Å². The van der Waals surface area contributed by atoms with Crippen LogP contribution in [0.1, 0.15) is 34.8 Å². The van der Waals surface area contributed by atoms with Crippen molar-refractivity contribution in [1.29, 1.82) is 0 Å². The molecular formula is C22H18N4O3S2. The van der Waals surface area contributed by atoms with Gasteiger partial charge in [0, 0.05) is 34.3 Å². The molecule has 156 valence electrons. The summed E-state index contributed by atoms with van der Waals surface area (Å²) >= 11 is 1.20. The maximum absolute atomic E-state index is 13.0. The highest BCUT2D eigenvalue weighted by Crippen LogP contribution is 2.40. The first-order chi connectivity index (χ1) is 15.0. The molecule has 0 spiro atoms. The molecule has 1 saturated carbocycles. The van der Waals surface area contributed by atoms with Crippen molar-refractivity contribution in [3.05, 3.63) is 77.4 Å². The lowest BCUT2D eigenvalue weighted by Crippen LogP contribution is -2.15. The number of sulfonamides is 1. The molecule has 1 aliphatic carbocycles. The van der Waals surface area contributed by atoms with Gasteiger partial charge in [0.2, 0.25) is 0 Å². The standard InChI is InChI=1S/C22H18N4O3S2/c27-21(18-13-20(14-5-6-14)25-19-4-2-1-3-17(18)19)24-15-7-9-16(10-8-15)31(28,29)26-22-23-11-12-30-22/h1-4,7-14H,5-6H2,(H,23,26)(H,24,27). The van der Waals surface area contributed by atoms with Crippen LogP contribution < -0.4 is 10.0 Å². The molecule has 4 aromatic rings. The summed E-state index contributed by atoms with van der Waals surface area (Å²) in [5, 5.41) is 5.64. The summed E-state index contributed by atoms with van der Waals surface area (Å²) in [5.74, 6) is 0.169. The number of thiazole rings is 1. The molecule has 1 aliphatic rings. The number of hydrogen-bond acceptors (Lipinski definition) is 6. The third-order valence-corrected chi connectivity index (χ3v) is 7.23. The van der Waals surface area contributed by atoms with E-state index in [2.05, 4.69) is 15.0 Å². The molecule has 5 rings (SSSR count). The zero-order valence-corrected chi connectivity index (χ0v) is 17.9. The van der Waals surface area contributed by atoms with Crippen molar-refractivity contribution in [3.8, 4) is 0 Å². The minimum absolute atomic E-state index is 0.0890. The number of benzene rings is 2. The zero-order valence-electron chi connectivity index (χ0n) is 16.3. The first-order valence-electron chi connectivity index (χ1n) is 9.73. The molecule has 2 N–H and O–H groups in total. The van der Waals surface area contributed by atoms with Crippen molar-refractivity contribution in [2.24, 2.45) is 0 Å². The number of rotatable bonds is 6. The highest BCUT2D eigenvalue weighted by Gasteiger charge is 2.27. The summed E-state index contributed by atoms with van der Waals surface area (Å²) in [6.07, 6.45) is 3.72. The summed E-state index contributed by atoms with van der Waals surface area (Å²) < 4.78 is 27.4. The number of nitrogens with one attached hydrogen (secondary N) is 2. The number of nitrogens with zero attached hydrogens (tertiary/aromatic N) is 2. The number of carbonyl (C=O) groups excluding carboxylic acids is 1. The van der Waals surface area contributed by atoms with E-state index in [9.17, 15) is 13.2 Å². The fraction of sp³-hybridized carbons (Fsp3) is 0.136. The van der Waals surface area contributed by atoms with Crippen molar-refractivity contribution in [3.63, 3.8) is 0 Å². The Balaban J connectivity index is 1.39. The molecule has 7 nitrogen and oxygen atoms in total. The molecule has 0 radical (unpaired) electrons. The van der Waals surface area contributed by atoms with Gasteiger partial charge in [-0.25, -0.2) is 13.4 Å². The van der Waals surface area contributed by atoms with E-state index in [4.69, 9.17) is 4.98 Å². The van der Waals surface area contributed by atoms with E-state index in [0.29, 0.717) is 22.3 Å². The van der Waals surface area contributed by atoms with Gasteiger partial charge in [0.1, 0.15) is 0 Å². The van der Waals surface area contributed by atoms with Crippen molar-refractivity contribution in [2.75, 3.05) is 10.0 Å². The zero-order chi connectivity index (χ0) is 21.4. The number of anilines is 2. The van der Waals surface area contributed by atoms with Crippen LogP contribution in [0.4, 0.5) is 10.8 Å². The minimum atomic E-state index is -3.74. The molecule has 0 saturated heterocycles. The summed E-state index contributed by atoms with van der Waals surface area (Å²) in [6, 6.07) is 15.5. The van der Waals surface area contributed by atoms with E-state index in [-0.39, 0.29) is 10.8 Å². The first kappa shape index (κ1) is 19.7. The lowest BCUT2D eigenvalue weighted by Gasteiger charge is -2.11. The SMILES string of the molecule is O=C(Nc1ccc(S(=O)(=O)Nc2nccs2)cc1)c1cc(C2CC2)nc2ccccc12. The van der Waals surface area contributed by atoms with Crippen molar-refractivity contribution in [2.45, 2.75) is 23.7 Å². The number of para-hydroxylation sites is 1. The van der Waals surface area contributed by atoms with E-state index < -0.39 is 10.0 Å². The summed E-state index contributed by atoms with van der Waals surface area (Å²) in [4.78, 5) is 21.8.